The van der Waals surface area contributed by atoms with E-state index in [1.807, 2.05) is 24.3 Å². The summed E-state index contributed by atoms with van der Waals surface area (Å²) in [5.74, 6) is -1.05. The van der Waals surface area contributed by atoms with Gasteiger partial charge in [0.1, 0.15) is 5.82 Å². The van der Waals surface area contributed by atoms with E-state index in [0.29, 0.717) is 18.4 Å². The Balaban J connectivity index is 0.00000289. The van der Waals surface area contributed by atoms with Gasteiger partial charge < -0.3 is 22.4 Å². The minimum Gasteiger partial charge on any atom is -1.00 e. The SMILES string of the molecule is O=C(O)CC[NH+]1CCCC(n2nc(Cc3ccc(F)cc3)c3ccccc3c2=O)CC1.[Cl-]. The van der Waals surface area contributed by atoms with E-state index in [4.69, 9.17) is 10.2 Å². The van der Waals surface area contributed by atoms with E-state index in [-0.39, 0.29) is 36.2 Å². The van der Waals surface area contributed by atoms with Crippen molar-refractivity contribution in [3.8, 4) is 0 Å². The van der Waals surface area contributed by atoms with Crippen LogP contribution in [0.3, 0.4) is 0 Å². The summed E-state index contributed by atoms with van der Waals surface area (Å²) in [5, 5.41) is 15.2. The molecule has 170 valence electrons. The molecule has 0 aliphatic carbocycles. The maximum Gasteiger partial charge on any atom is 0.309 e. The van der Waals surface area contributed by atoms with Crippen LogP contribution in [-0.4, -0.2) is 40.5 Å². The van der Waals surface area contributed by atoms with Gasteiger partial charge >= 0.3 is 5.97 Å². The van der Waals surface area contributed by atoms with Crippen LogP contribution in [0.5, 0.6) is 0 Å². The third-order valence-electron chi connectivity index (χ3n) is 6.13. The molecule has 32 heavy (non-hydrogen) atoms. The third-order valence-corrected chi connectivity index (χ3v) is 6.13. The monoisotopic (exact) mass is 459 g/mol. The number of halogens is 2. The van der Waals surface area contributed by atoms with Gasteiger partial charge in [-0.1, -0.05) is 30.3 Å². The Morgan fingerprint density at radius 2 is 1.81 bits per heavy atom. The molecule has 4 rings (SSSR count). The van der Waals surface area contributed by atoms with E-state index in [9.17, 15) is 14.0 Å². The van der Waals surface area contributed by atoms with Gasteiger partial charge in [-0.05, 0) is 36.6 Å². The van der Waals surface area contributed by atoms with Crippen LogP contribution in [0.2, 0.25) is 0 Å². The maximum absolute atomic E-state index is 13.3. The number of carbonyl (C=O) groups is 1. The molecule has 1 fully saturated rings. The number of carboxylic acid groups (broad SMARTS) is 1. The van der Waals surface area contributed by atoms with Gasteiger partial charge in [0.25, 0.3) is 5.56 Å². The van der Waals surface area contributed by atoms with Crippen molar-refractivity contribution in [2.75, 3.05) is 19.6 Å². The van der Waals surface area contributed by atoms with E-state index >= 15 is 0 Å². The molecule has 2 atom stereocenters. The lowest BCUT2D eigenvalue weighted by atomic mass is 10.0. The minimum absolute atomic E-state index is 0. The zero-order valence-electron chi connectivity index (χ0n) is 17.8. The van der Waals surface area contributed by atoms with Crippen molar-refractivity contribution in [2.24, 2.45) is 0 Å². The molecule has 1 aliphatic heterocycles. The molecule has 2 aromatic carbocycles. The second kappa shape index (κ2) is 10.7. The lowest BCUT2D eigenvalue weighted by Crippen LogP contribution is -3.12. The lowest BCUT2D eigenvalue weighted by molar-refractivity contribution is -0.898. The zero-order valence-corrected chi connectivity index (χ0v) is 18.5. The van der Waals surface area contributed by atoms with Gasteiger partial charge in [0.15, 0.2) is 0 Å². The second-order valence-corrected chi connectivity index (χ2v) is 8.27. The molecule has 0 amide bonds. The quantitative estimate of drug-likeness (QED) is 0.507. The number of carboxylic acids is 1. The number of nitrogens with zero attached hydrogens (tertiary/aromatic N) is 2. The van der Waals surface area contributed by atoms with Crippen molar-refractivity contribution in [3.63, 3.8) is 0 Å². The van der Waals surface area contributed by atoms with Crippen molar-refractivity contribution < 1.29 is 31.6 Å². The highest BCUT2D eigenvalue weighted by atomic mass is 35.5. The summed E-state index contributed by atoms with van der Waals surface area (Å²) in [6, 6.07) is 13.9. The predicted octanol–water partition coefficient (Wildman–Crippen LogP) is -0.785. The summed E-state index contributed by atoms with van der Waals surface area (Å²) in [5.41, 5.74) is 1.66. The number of fused-ring (bicyclic) bond motifs is 1. The highest BCUT2D eigenvalue weighted by molar-refractivity contribution is 5.83. The van der Waals surface area contributed by atoms with Crippen molar-refractivity contribution in [3.05, 3.63) is 76.0 Å². The van der Waals surface area contributed by atoms with E-state index < -0.39 is 5.97 Å². The molecule has 6 nitrogen and oxygen atoms in total. The van der Waals surface area contributed by atoms with Crippen molar-refractivity contribution in [1.29, 1.82) is 0 Å². The summed E-state index contributed by atoms with van der Waals surface area (Å²) >= 11 is 0. The fourth-order valence-electron chi connectivity index (χ4n) is 4.45. The smallest absolute Gasteiger partial charge is 0.309 e. The summed E-state index contributed by atoms with van der Waals surface area (Å²) in [6.07, 6.45) is 3.24. The molecule has 0 radical (unpaired) electrons. The second-order valence-electron chi connectivity index (χ2n) is 8.27. The first-order chi connectivity index (χ1) is 15.0. The van der Waals surface area contributed by atoms with Crippen LogP contribution in [0, 0.1) is 5.82 Å². The first kappa shape index (κ1) is 23.9. The summed E-state index contributed by atoms with van der Waals surface area (Å²) < 4.78 is 15.0. The number of rotatable bonds is 6. The van der Waals surface area contributed by atoms with Crippen LogP contribution < -0.4 is 22.9 Å². The first-order valence-corrected chi connectivity index (χ1v) is 10.8. The van der Waals surface area contributed by atoms with Crippen LogP contribution in [-0.2, 0) is 11.2 Å². The maximum atomic E-state index is 13.3. The van der Waals surface area contributed by atoms with Crippen molar-refractivity contribution in [1.82, 2.24) is 9.78 Å². The van der Waals surface area contributed by atoms with Crippen molar-refractivity contribution in [2.45, 2.75) is 38.1 Å². The number of likely N-dealkylation sites (tertiary alicyclic amines) is 1. The average molecular weight is 460 g/mol. The molecule has 2 heterocycles. The van der Waals surface area contributed by atoms with Gasteiger partial charge in [0.2, 0.25) is 0 Å². The zero-order chi connectivity index (χ0) is 21.8. The molecular formula is C24H27ClFN3O3. The van der Waals surface area contributed by atoms with E-state index in [2.05, 4.69) is 0 Å². The average Bonchev–Trinajstić information content (AvgIpc) is 3.01. The van der Waals surface area contributed by atoms with Crippen molar-refractivity contribution >= 4 is 16.7 Å². The number of aromatic nitrogens is 2. The molecule has 8 heteroatoms. The van der Waals surface area contributed by atoms with E-state index in [0.717, 1.165) is 49.0 Å². The number of aliphatic carboxylic acids is 1. The van der Waals surface area contributed by atoms with Gasteiger partial charge in [-0.15, -0.1) is 0 Å². The molecule has 0 saturated carbocycles. The largest absolute Gasteiger partial charge is 1.00 e. The number of hydrogen-bond acceptors (Lipinski definition) is 3. The molecule has 1 aromatic heterocycles. The molecule has 0 spiro atoms. The first-order valence-electron chi connectivity index (χ1n) is 10.8. The fourth-order valence-corrected chi connectivity index (χ4v) is 4.45. The summed E-state index contributed by atoms with van der Waals surface area (Å²) in [4.78, 5) is 25.4. The van der Waals surface area contributed by atoms with Gasteiger partial charge in [-0.3, -0.25) is 9.59 Å². The van der Waals surface area contributed by atoms with Crippen LogP contribution >= 0.6 is 0 Å². The van der Waals surface area contributed by atoms with Gasteiger partial charge in [-0.25, -0.2) is 9.07 Å². The Kier molecular flexibility index (Phi) is 7.99. The summed E-state index contributed by atoms with van der Waals surface area (Å²) in [6.45, 7) is 2.35. The number of benzene rings is 2. The van der Waals surface area contributed by atoms with Gasteiger partial charge in [-0.2, -0.15) is 5.10 Å². The summed E-state index contributed by atoms with van der Waals surface area (Å²) in [7, 11) is 0. The Labute approximate surface area is 192 Å². The van der Waals surface area contributed by atoms with E-state index in [1.165, 1.54) is 17.0 Å². The molecule has 2 N–H and O–H groups in total. The standard InChI is InChI=1S/C24H26FN3O3.ClH/c25-18-9-7-17(8-10-18)16-22-20-5-1-2-6-21(20)24(31)28(26-22)19-4-3-13-27(14-11-19)15-12-23(29)30;/h1-2,5-10,19H,3-4,11-16H2,(H,29,30);1H. The van der Waals surface area contributed by atoms with E-state index in [1.54, 1.807) is 16.8 Å². The number of nitrogens with one attached hydrogen (secondary N) is 1. The Bertz CT molecular complexity index is 1130. The van der Waals surface area contributed by atoms with Crippen LogP contribution in [0.15, 0.2) is 53.3 Å². The molecule has 0 bridgehead atoms. The molecule has 3 aromatic rings. The van der Waals surface area contributed by atoms with Crippen LogP contribution in [0.25, 0.3) is 10.8 Å². The molecule has 1 aliphatic rings. The predicted molar refractivity (Wildman–Crippen MR) is 116 cm³/mol. The molecule has 2 unspecified atom stereocenters. The highest BCUT2D eigenvalue weighted by Crippen LogP contribution is 2.21. The van der Waals surface area contributed by atoms with Crippen LogP contribution in [0.4, 0.5) is 4.39 Å². The molecular weight excluding hydrogens is 433 g/mol. The number of hydrogen-bond donors (Lipinski definition) is 2. The Morgan fingerprint density at radius 1 is 1.09 bits per heavy atom. The Hall–Kier alpha value is -2.77. The van der Waals surface area contributed by atoms with Crippen LogP contribution in [0.1, 0.15) is 43.0 Å². The normalized spacial score (nSPS) is 18.7. The van der Waals surface area contributed by atoms with Gasteiger partial charge in [0.05, 0.1) is 43.2 Å². The topological polar surface area (TPSA) is 76.6 Å². The highest BCUT2D eigenvalue weighted by Gasteiger charge is 2.24. The fraction of sp³-hybridized carbons (Fsp3) is 0.375. The van der Waals surface area contributed by atoms with Gasteiger partial charge in [0, 0.05) is 18.2 Å². The molecule has 1 saturated heterocycles. The number of quaternary nitrogens is 1. The Morgan fingerprint density at radius 3 is 2.53 bits per heavy atom. The lowest BCUT2D eigenvalue weighted by Gasteiger charge is -2.19. The third kappa shape index (κ3) is 5.53. The minimum atomic E-state index is -0.772.